The van der Waals surface area contributed by atoms with Gasteiger partial charge in [-0.1, -0.05) is 30.3 Å². The molecule has 0 aromatic heterocycles. The van der Waals surface area contributed by atoms with E-state index in [1.54, 1.807) is 6.07 Å². The van der Waals surface area contributed by atoms with Crippen LogP contribution in [0.15, 0.2) is 53.4 Å². The number of benzene rings is 2. The topological polar surface area (TPSA) is 61.4 Å². The molecule has 1 aliphatic heterocycles. The maximum atomic E-state index is 12.7. The van der Waals surface area contributed by atoms with Gasteiger partial charge in [0.15, 0.2) is 0 Å². The zero-order valence-electron chi connectivity index (χ0n) is 16.1. The highest BCUT2D eigenvalue weighted by molar-refractivity contribution is 8.00. The molecule has 0 saturated heterocycles. The summed E-state index contributed by atoms with van der Waals surface area (Å²) in [6.07, 6.45) is 0.898. The van der Waals surface area contributed by atoms with Crippen LogP contribution in [-0.2, 0) is 11.2 Å². The lowest BCUT2D eigenvalue weighted by atomic mass is 10.2. The maximum absolute atomic E-state index is 12.7. The van der Waals surface area contributed by atoms with E-state index >= 15 is 0 Å². The number of amides is 2. The third-order valence-corrected chi connectivity index (χ3v) is 5.79. The summed E-state index contributed by atoms with van der Waals surface area (Å²) in [4.78, 5) is 27.9. The molecule has 5 nitrogen and oxygen atoms in total. The van der Waals surface area contributed by atoms with Crippen LogP contribution in [0.5, 0.6) is 0 Å². The van der Waals surface area contributed by atoms with Crippen molar-refractivity contribution in [3.05, 3.63) is 59.7 Å². The van der Waals surface area contributed by atoms with E-state index in [1.165, 1.54) is 17.3 Å². The first-order chi connectivity index (χ1) is 13.1. The minimum atomic E-state index is -0.112. The summed E-state index contributed by atoms with van der Waals surface area (Å²) in [5, 5.41) is 6.03. The van der Waals surface area contributed by atoms with Crippen LogP contribution in [0.4, 0.5) is 5.69 Å². The molecule has 2 aromatic rings. The Labute approximate surface area is 176 Å². The summed E-state index contributed by atoms with van der Waals surface area (Å²) in [5.74, 6) is 0.272. The van der Waals surface area contributed by atoms with E-state index in [0.29, 0.717) is 17.9 Å². The van der Waals surface area contributed by atoms with Gasteiger partial charge in [-0.05, 0) is 44.2 Å². The van der Waals surface area contributed by atoms with Gasteiger partial charge in [0.25, 0.3) is 5.91 Å². The number of hydrogen-bond acceptors (Lipinski definition) is 4. The first-order valence-corrected chi connectivity index (χ1v) is 10.1. The molecule has 7 heteroatoms. The van der Waals surface area contributed by atoms with Gasteiger partial charge < -0.3 is 15.5 Å². The van der Waals surface area contributed by atoms with E-state index in [-0.39, 0.29) is 30.3 Å². The van der Waals surface area contributed by atoms with E-state index in [4.69, 9.17) is 0 Å². The second-order valence-electron chi connectivity index (χ2n) is 6.61. The maximum Gasteiger partial charge on any atom is 0.252 e. The lowest BCUT2D eigenvalue weighted by Gasteiger charge is -2.17. The molecule has 0 saturated carbocycles. The molecule has 0 spiro atoms. The highest BCUT2D eigenvalue weighted by atomic mass is 35.5. The molecule has 0 bridgehead atoms. The number of carbonyl (C=O) groups excluding carboxylic acids is 2. The monoisotopic (exact) mass is 419 g/mol. The number of likely N-dealkylation sites (N-methyl/N-ethyl adjacent to an activating group) is 1. The Morgan fingerprint density at radius 3 is 2.64 bits per heavy atom. The van der Waals surface area contributed by atoms with E-state index in [2.05, 4.69) is 16.7 Å². The Hall–Kier alpha value is -2.02. The van der Waals surface area contributed by atoms with Gasteiger partial charge in [0, 0.05) is 29.7 Å². The first kappa shape index (κ1) is 22.3. The summed E-state index contributed by atoms with van der Waals surface area (Å²) in [5.41, 5.74) is 2.84. The molecule has 0 fully saturated rings. The SMILES string of the molecule is CNC(C)CNC(=O)c1ccccc1SCC(=O)N1CCc2ccccc21.Cl. The predicted octanol–water partition coefficient (Wildman–Crippen LogP) is 3.13. The normalized spacial score (nSPS) is 13.4. The van der Waals surface area contributed by atoms with Crippen molar-refractivity contribution in [2.45, 2.75) is 24.3 Å². The standard InChI is InChI=1S/C21H25N3O2S.ClH/c1-15(22-2)13-23-21(26)17-8-4-6-10-19(17)27-14-20(25)24-12-11-16-7-3-5-9-18(16)24;/h3-10,15,22H,11-14H2,1-2H3,(H,23,26);1H. The molecule has 2 N–H and O–H groups in total. The highest BCUT2D eigenvalue weighted by Crippen LogP contribution is 2.29. The van der Waals surface area contributed by atoms with Crippen molar-refractivity contribution in [3.63, 3.8) is 0 Å². The molecule has 3 rings (SSSR count). The van der Waals surface area contributed by atoms with Crippen LogP contribution < -0.4 is 15.5 Å². The van der Waals surface area contributed by atoms with E-state index < -0.39 is 0 Å². The first-order valence-electron chi connectivity index (χ1n) is 9.15. The second kappa shape index (κ2) is 10.5. The molecular weight excluding hydrogens is 394 g/mol. The third kappa shape index (κ3) is 5.28. The smallest absolute Gasteiger partial charge is 0.252 e. The molecule has 28 heavy (non-hydrogen) atoms. The van der Waals surface area contributed by atoms with E-state index in [9.17, 15) is 9.59 Å². The summed E-state index contributed by atoms with van der Waals surface area (Å²) >= 11 is 1.42. The Kier molecular flexibility index (Phi) is 8.35. The van der Waals surface area contributed by atoms with Gasteiger partial charge in [-0.25, -0.2) is 0 Å². The van der Waals surface area contributed by atoms with Crippen LogP contribution in [0.2, 0.25) is 0 Å². The second-order valence-corrected chi connectivity index (χ2v) is 7.63. The Balaban J connectivity index is 0.00000280. The number of carbonyl (C=O) groups is 2. The zero-order chi connectivity index (χ0) is 19.2. The number of fused-ring (bicyclic) bond motifs is 1. The number of hydrogen-bond donors (Lipinski definition) is 2. The number of anilines is 1. The van der Waals surface area contributed by atoms with E-state index in [1.807, 2.05) is 55.3 Å². The van der Waals surface area contributed by atoms with Crippen LogP contribution >= 0.6 is 24.2 Å². The minimum absolute atomic E-state index is 0. The van der Waals surface area contributed by atoms with Crippen LogP contribution in [0.25, 0.3) is 0 Å². The summed E-state index contributed by atoms with van der Waals surface area (Å²) in [6.45, 7) is 3.29. The van der Waals surface area contributed by atoms with Crippen LogP contribution in [0.3, 0.4) is 0 Å². The largest absolute Gasteiger partial charge is 0.350 e. The van der Waals surface area contributed by atoms with Gasteiger partial charge in [-0.15, -0.1) is 24.2 Å². The van der Waals surface area contributed by atoms with Crippen molar-refractivity contribution >= 4 is 41.7 Å². The van der Waals surface area contributed by atoms with Gasteiger partial charge in [0.2, 0.25) is 5.91 Å². The molecule has 0 radical (unpaired) electrons. The third-order valence-electron chi connectivity index (χ3n) is 4.73. The number of thioether (sulfide) groups is 1. The summed E-state index contributed by atoms with van der Waals surface area (Å²) in [6, 6.07) is 15.7. The van der Waals surface area contributed by atoms with Crippen molar-refractivity contribution in [1.29, 1.82) is 0 Å². The number of para-hydroxylation sites is 1. The van der Waals surface area contributed by atoms with Gasteiger partial charge in [-0.3, -0.25) is 9.59 Å². The summed E-state index contributed by atoms with van der Waals surface area (Å²) < 4.78 is 0. The van der Waals surface area contributed by atoms with Crippen LogP contribution in [-0.4, -0.2) is 43.7 Å². The fourth-order valence-electron chi connectivity index (χ4n) is 3.04. The molecule has 1 aliphatic rings. The summed E-state index contributed by atoms with van der Waals surface area (Å²) in [7, 11) is 1.86. The molecule has 0 aliphatic carbocycles. The highest BCUT2D eigenvalue weighted by Gasteiger charge is 2.24. The fourth-order valence-corrected chi connectivity index (χ4v) is 3.96. The number of halogens is 1. The fraction of sp³-hybridized carbons (Fsp3) is 0.333. The van der Waals surface area contributed by atoms with Crippen molar-refractivity contribution in [3.8, 4) is 0 Å². The number of nitrogens with zero attached hydrogens (tertiary/aromatic N) is 1. The average molecular weight is 420 g/mol. The van der Waals surface area contributed by atoms with Gasteiger partial charge in [-0.2, -0.15) is 0 Å². The van der Waals surface area contributed by atoms with Crippen molar-refractivity contribution in [1.82, 2.24) is 10.6 Å². The average Bonchev–Trinajstić information content (AvgIpc) is 3.14. The predicted molar refractivity (Wildman–Crippen MR) is 118 cm³/mol. The van der Waals surface area contributed by atoms with Gasteiger partial charge in [0.1, 0.15) is 0 Å². The lowest BCUT2D eigenvalue weighted by molar-refractivity contribution is -0.116. The molecular formula is C21H26ClN3O2S. The van der Waals surface area contributed by atoms with Gasteiger partial charge in [0.05, 0.1) is 11.3 Å². The molecule has 1 unspecified atom stereocenters. The minimum Gasteiger partial charge on any atom is -0.350 e. The van der Waals surface area contributed by atoms with Crippen molar-refractivity contribution in [2.75, 3.05) is 30.8 Å². The molecule has 2 amide bonds. The molecule has 150 valence electrons. The Bertz CT molecular complexity index is 831. The van der Waals surface area contributed by atoms with Crippen LogP contribution in [0.1, 0.15) is 22.8 Å². The van der Waals surface area contributed by atoms with Crippen molar-refractivity contribution < 1.29 is 9.59 Å². The van der Waals surface area contributed by atoms with E-state index in [0.717, 1.165) is 23.5 Å². The quantitative estimate of drug-likeness (QED) is 0.677. The van der Waals surface area contributed by atoms with Crippen LogP contribution in [0, 0.1) is 0 Å². The zero-order valence-corrected chi connectivity index (χ0v) is 17.7. The number of rotatable bonds is 7. The lowest BCUT2D eigenvalue weighted by Crippen LogP contribution is -2.37. The Morgan fingerprint density at radius 1 is 1.14 bits per heavy atom. The molecule has 1 heterocycles. The molecule has 1 atom stereocenters. The molecule has 2 aromatic carbocycles. The Morgan fingerprint density at radius 2 is 1.86 bits per heavy atom. The van der Waals surface area contributed by atoms with Gasteiger partial charge >= 0.3 is 0 Å². The number of nitrogens with one attached hydrogen (secondary N) is 2. The van der Waals surface area contributed by atoms with Crippen molar-refractivity contribution in [2.24, 2.45) is 0 Å².